The number of hydrogen-bond acceptors (Lipinski definition) is 6. The summed E-state index contributed by atoms with van der Waals surface area (Å²) < 4.78 is 11.1. The normalized spacial score (nSPS) is 10.4. The molecule has 0 radical (unpaired) electrons. The Labute approximate surface area is 203 Å². The lowest BCUT2D eigenvalue weighted by Gasteiger charge is -2.14. The van der Waals surface area contributed by atoms with Crippen LogP contribution in [0.2, 0.25) is 0 Å². The van der Waals surface area contributed by atoms with Gasteiger partial charge in [0.1, 0.15) is 11.5 Å². The van der Waals surface area contributed by atoms with Crippen LogP contribution in [-0.2, 0) is 9.59 Å². The van der Waals surface area contributed by atoms with Crippen molar-refractivity contribution in [2.75, 3.05) is 23.8 Å². The number of amides is 2. The fourth-order valence-corrected chi connectivity index (χ4v) is 3.61. The number of rotatable bonds is 9. The number of carboxylic acids is 1. The van der Waals surface area contributed by atoms with Crippen molar-refractivity contribution in [2.24, 2.45) is 0 Å². The largest absolute Gasteiger partial charge is 0.545 e. The van der Waals surface area contributed by atoms with E-state index in [0.717, 1.165) is 22.3 Å². The standard InChI is InChI=1S/C27H28N2O6/c1-16-5-17(2)8-23(7-16)34-14-25(30)28-21-11-20(27(32)33)12-22(13-21)29-26(31)15-35-24-9-18(3)6-19(4)10-24/h5-13H,14-15H2,1-4H3,(H,28,30)(H,29,31)(H,32,33)/p-1. The second-order valence-corrected chi connectivity index (χ2v) is 8.41. The van der Waals surface area contributed by atoms with Gasteiger partial charge >= 0.3 is 0 Å². The Morgan fingerprint density at radius 3 is 1.34 bits per heavy atom. The highest BCUT2D eigenvalue weighted by Gasteiger charge is 2.10. The van der Waals surface area contributed by atoms with Crippen molar-refractivity contribution < 1.29 is 29.0 Å². The molecule has 2 N–H and O–H groups in total. The van der Waals surface area contributed by atoms with Gasteiger partial charge in [0.2, 0.25) is 0 Å². The first-order chi connectivity index (χ1) is 16.6. The van der Waals surface area contributed by atoms with Crippen molar-refractivity contribution in [2.45, 2.75) is 27.7 Å². The molecule has 0 fully saturated rings. The monoisotopic (exact) mass is 475 g/mol. The van der Waals surface area contributed by atoms with Crippen LogP contribution in [0.3, 0.4) is 0 Å². The van der Waals surface area contributed by atoms with Crippen LogP contribution in [0.15, 0.2) is 54.6 Å². The van der Waals surface area contributed by atoms with Crippen molar-refractivity contribution in [1.29, 1.82) is 0 Å². The van der Waals surface area contributed by atoms with Crippen LogP contribution in [-0.4, -0.2) is 31.0 Å². The van der Waals surface area contributed by atoms with Crippen LogP contribution in [0.1, 0.15) is 32.6 Å². The molecule has 182 valence electrons. The molecule has 0 aliphatic rings. The van der Waals surface area contributed by atoms with Crippen molar-refractivity contribution >= 4 is 29.2 Å². The van der Waals surface area contributed by atoms with Crippen LogP contribution in [0.5, 0.6) is 11.5 Å². The lowest BCUT2D eigenvalue weighted by Crippen LogP contribution is -2.25. The van der Waals surface area contributed by atoms with E-state index in [2.05, 4.69) is 10.6 Å². The first-order valence-electron chi connectivity index (χ1n) is 11.0. The molecule has 0 heterocycles. The first-order valence-corrected chi connectivity index (χ1v) is 11.0. The minimum absolute atomic E-state index is 0.172. The molecule has 0 atom stereocenters. The van der Waals surface area contributed by atoms with Crippen LogP contribution < -0.4 is 25.2 Å². The summed E-state index contributed by atoms with van der Waals surface area (Å²) in [6.07, 6.45) is 0. The van der Waals surface area contributed by atoms with Gasteiger partial charge in [0.05, 0.1) is 5.97 Å². The van der Waals surface area contributed by atoms with Gasteiger partial charge in [-0.15, -0.1) is 0 Å². The summed E-state index contributed by atoms with van der Waals surface area (Å²) in [6.45, 7) is 7.15. The second-order valence-electron chi connectivity index (χ2n) is 8.41. The molecule has 0 unspecified atom stereocenters. The zero-order valence-corrected chi connectivity index (χ0v) is 20.1. The van der Waals surface area contributed by atoms with Crippen molar-refractivity contribution in [1.82, 2.24) is 0 Å². The minimum atomic E-state index is -1.45. The molecule has 8 heteroatoms. The van der Waals surface area contributed by atoms with Gasteiger partial charge in [-0.25, -0.2) is 0 Å². The number of aromatic carboxylic acids is 1. The highest BCUT2D eigenvalue weighted by Crippen LogP contribution is 2.21. The molecule has 0 aliphatic heterocycles. The predicted molar refractivity (Wildman–Crippen MR) is 131 cm³/mol. The van der Waals surface area contributed by atoms with Crippen LogP contribution in [0, 0.1) is 27.7 Å². The second kappa shape index (κ2) is 11.2. The van der Waals surface area contributed by atoms with Gasteiger partial charge in [0.25, 0.3) is 11.8 Å². The number of ether oxygens (including phenoxy) is 2. The van der Waals surface area contributed by atoms with E-state index >= 15 is 0 Å². The highest BCUT2D eigenvalue weighted by atomic mass is 16.5. The molecule has 3 aromatic carbocycles. The summed E-state index contributed by atoms with van der Waals surface area (Å²) in [5, 5.41) is 16.6. The van der Waals surface area contributed by atoms with Crippen LogP contribution in [0.4, 0.5) is 11.4 Å². The lowest BCUT2D eigenvalue weighted by atomic mass is 10.1. The van der Waals surface area contributed by atoms with Crippen molar-refractivity contribution in [3.05, 3.63) is 82.4 Å². The molecule has 35 heavy (non-hydrogen) atoms. The molecular formula is C27H27N2O6-. The molecule has 2 amide bonds. The fourth-order valence-electron chi connectivity index (χ4n) is 3.61. The summed E-state index contributed by atoms with van der Waals surface area (Å²) in [4.78, 5) is 36.2. The average Bonchev–Trinajstić information content (AvgIpc) is 2.75. The maximum atomic E-state index is 12.4. The molecule has 0 saturated heterocycles. The highest BCUT2D eigenvalue weighted by molar-refractivity contribution is 5.98. The number of anilines is 2. The summed E-state index contributed by atoms with van der Waals surface area (Å²) in [6, 6.07) is 15.1. The molecule has 8 nitrogen and oxygen atoms in total. The summed E-state index contributed by atoms with van der Waals surface area (Å²) in [5.41, 5.74) is 4.15. The Balaban J connectivity index is 1.64. The smallest absolute Gasteiger partial charge is 0.262 e. The van der Waals surface area contributed by atoms with Gasteiger partial charge in [-0.05, 0) is 92.4 Å². The molecule has 0 spiro atoms. The molecular weight excluding hydrogens is 448 g/mol. The van der Waals surface area contributed by atoms with E-state index in [0.29, 0.717) is 11.5 Å². The molecule has 3 aromatic rings. The number of hydrogen-bond donors (Lipinski definition) is 2. The third-order valence-corrected chi connectivity index (χ3v) is 4.87. The molecule has 3 rings (SSSR count). The van der Waals surface area contributed by atoms with E-state index in [1.54, 1.807) is 0 Å². The topological polar surface area (TPSA) is 117 Å². The third kappa shape index (κ3) is 7.89. The van der Waals surface area contributed by atoms with Gasteiger partial charge in [0, 0.05) is 16.9 Å². The lowest BCUT2D eigenvalue weighted by molar-refractivity contribution is -0.255. The van der Waals surface area contributed by atoms with Crippen molar-refractivity contribution in [3.8, 4) is 11.5 Å². The minimum Gasteiger partial charge on any atom is -0.545 e. The molecule has 0 saturated carbocycles. The van der Waals surface area contributed by atoms with Crippen molar-refractivity contribution in [3.63, 3.8) is 0 Å². The van der Waals surface area contributed by atoms with Gasteiger partial charge < -0.3 is 30.0 Å². The molecule has 0 bridgehead atoms. The van der Waals surface area contributed by atoms with E-state index in [-0.39, 0.29) is 30.2 Å². The zero-order valence-electron chi connectivity index (χ0n) is 20.1. The average molecular weight is 476 g/mol. The van der Waals surface area contributed by atoms with E-state index in [9.17, 15) is 19.5 Å². The third-order valence-electron chi connectivity index (χ3n) is 4.87. The Morgan fingerprint density at radius 1 is 0.629 bits per heavy atom. The maximum Gasteiger partial charge on any atom is 0.262 e. The fraction of sp³-hybridized carbons (Fsp3) is 0.222. The molecule has 0 aromatic heterocycles. The summed E-state index contributed by atoms with van der Waals surface area (Å²) in [5.74, 6) is -1.32. The zero-order chi connectivity index (χ0) is 25.5. The van der Waals surface area contributed by atoms with Gasteiger partial charge in [-0.3, -0.25) is 9.59 Å². The van der Waals surface area contributed by atoms with Crippen LogP contribution >= 0.6 is 0 Å². The van der Waals surface area contributed by atoms with E-state index in [4.69, 9.17) is 9.47 Å². The number of carbonyl (C=O) groups is 3. The Kier molecular flexibility index (Phi) is 8.09. The maximum absolute atomic E-state index is 12.4. The van der Waals surface area contributed by atoms with Gasteiger partial charge in [0.15, 0.2) is 13.2 Å². The summed E-state index contributed by atoms with van der Waals surface area (Å²) >= 11 is 0. The van der Waals surface area contributed by atoms with E-state index < -0.39 is 17.8 Å². The number of aryl methyl sites for hydroxylation is 4. The molecule has 0 aliphatic carbocycles. The van der Waals surface area contributed by atoms with Gasteiger partial charge in [-0.1, -0.05) is 12.1 Å². The number of carboxylic acid groups (broad SMARTS) is 1. The van der Waals surface area contributed by atoms with E-state index in [1.807, 2.05) is 64.1 Å². The number of carbonyl (C=O) groups excluding carboxylic acids is 3. The first kappa shape index (κ1) is 25.3. The SMILES string of the molecule is Cc1cc(C)cc(OCC(=O)Nc2cc(NC(=O)COc3cc(C)cc(C)c3)cc(C(=O)[O-])c2)c1. The van der Waals surface area contributed by atoms with E-state index in [1.165, 1.54) is 18.2 Å². The van der Waals surface area contributed by atoms with Crippen LogP contribution in [0.25, 0.3) is 0 Å². The summed E-state index contributed by atoms with van der Waals surface area (Å²) in [7, 11) is 0. The number of nitrogens with one attached hydrogen (secondary N) is 2. The van der Waals surface area contributed by atoms with Gasteiger partial charge in [-0.2, -0.15) is 0 Å². The predicted octanol–water partition coefficient (Wildman–Crippen LogP) is 3.32. The number of benzene rings is 3. The Bertz CT molecular complexity index is 1140. The Hall–Kier alpha value is -4.33. The Morgan fingerprint density at radius 2 is 1.00 bits per heavy atom. The quantitative estimate of drug-likeness (QED) is 0.490.